The number of carbonyl (C=O) groups excluding carboxylic acids is 2. The summed E-state index contributed by atoms with van der Waals surface area (Å²) in [5.41, 5.74) is 9.15. The summed E-state index contributed by atoms with van der Waals surface area (Å²) in [6, 6.07) is 15.4. The van der Waals surface area contributed by atoms with Gasteiger partial charge >= 0.3 is 28.4 Å². The number of para-hydroxylation sites is 4. The molecule has 0 N–H and O–H groups in total. The molecule has 0 spiro atoms. The third kappa shape index (κ3) is 12.8. The average Bonchev–Trinajstić information content (AvgIpc) is 1.73. The second-order valence-corrected chi connectivity index (χ2v) is 31.6. The van der Waals surface area contributed by atoms with Gasteiger partial charge in [-0.15, -0.1) is 22.8 Å². The predicted molar refractivity (Wildman–Crippen MR) is 356 cm³/mol. The first-order valence-corrected chi connectivity index (χ1v) is 35.0. The van der Waals surface area contributed by atoms with Crippen LogP contribution < -0.4 is 0 Å². The molecule has 0 amide bonds. The average molecular weight is 1230 g/mol. The van der Waals surface area contributed by atoms with E-state index in [0.29, 0.717) is 79.4 Å². The van der Waals surface area contributed by atoms with E-state index in [0.717, 1.165) is 111 Å². The first-order chi connectivity index (χ1) is 41.0. The Morgan fingerprint density at radius 1 is 0.517 bits per heavy atom. The molecule has 6 saturated carbocycles. The Morgan fingerprint density at radius 3 is 1.30 bits per heavy atom. The van der Waals surface area contributed by atoms with Crippen LogP contribution in [0.3, 0.4) is 0 Å². The number of hydrogen-bond donors (Lipinski definition) is 0. The predicted octanol–water partition coefficient (Wildman–Crippen LogP) is 22.0. The summed E-state index contributed by atoms with van der Waals surface area (Å²) in [5, 5.41) is 10.4. The maximum Gasteiger partial charge on any atom is 2.00 e. The molecule has 9 heteroatoms. The number of ether oxygens (including phenoxy) is 2. The molecule has 8 aliphatic carbocycles. The Hall–Kier alpha value is -4.23. The Balaban J connectivity index is 0.00000838. The summed E-state index contributed by atoms with van der Waals surface area (Å²) in [4.78, 5) is 40.3. The van der Waals surface area contributed by atoms with Crippen LogP contribution in [0.5, 0.6) is 0 Å². The van der Waals surface area contributed by atoms with Gasteiger partial charge in [0, 0.05) is 24.2 Å². The molecule has 0 radical (unpaired) electrons. The number of nitrogens with zero attached hydrogens (tertiary/aromatic N) is 4. The smallest absolute Gasteiger partial charge is 0.659 e. The summed E-state index contributed by atoms with van der Waals surface area (Å²) < 4.78 is 13.3. The van der Waals surface area contributed by atoms with Crippen LogP contribution in [0.4, 0.5) is 22.7 Å². The number of allylic oxidation sites excluding steroid dienone is 4. The largest absolute Gasteiger partial charge is 2.00 e. The van der Waals surface area contributed by atoms with Gasteiger partial charge in [-0.2, -0.15) is 0 Å². The molecule has 1 aliphatic heterocycles. The quantitative estimate of drug-likeness (QED) is 0.107. The van der Waals surface area contributed by atoms with E-state index < -0.39 is 11.9 Å². The fourth-order valence-electron chi connectivity index (χ4n) is 21.3. The fourth-order valence-corrected chi connectivity index (χ4v) is 21.3. The summed E-state index contributed by atoms with van der Waals surface area (Å²) >= 11 is 0. The van der Waals surface area contributed by atoms with Crippen LogP contribution in [0.2, 0.25) is 0 Å². The minimum absolute atomic E-state index is 0. The summed E-state index contributed by atoms with van der Waals surface area (Å²) in [5.74, 6) is 8.50. The van der Waals surface area contributed by atoms with Crippen LogP contribution in [0.15, 0.2) is 104 Å². The molecule has 2 aromatic rings. The van der Waals surface area contributed by atoms with E-state index in [1.54, 1.807) is 0 Å². The molecule has 8 nitrogen and oxygen atoms in total. The summed E-state index contributed by atoms with van der Waals surface area (Å²) in [7, 11) is 0. The van der Waals surface area contributed by atoms with Crippen molar-refractivity contribution in [3.05, 3.63) is 105 Å². The molecule has 0 unspecified atom stereocenters. The number of carbonyl (C=O) groups is 2. The summed E-state index contributed by atoms with van der Waals surface area (Å²) in [6.07, 6.45) is 31.4. The maximum absolute atomic E-state index is 15.0. The van der Waals surface area contributed by atoms with Crippen LogP contribution in [0.25, 0.3) is 10.6 Å². The van der Waals surface area contributed by atoms with Gasteiger partial charge in [0.15, 0.2) is 0 Å². The van der Waals surface area contributed by atoms with Crippen molar-refractivity contribution >= 4 is 46.1 Å². The number of fused-ring (bicyclic) bond motifs is 12. The molecule has 9 aliphatic rings. The molecule has 1 heterocycles. The third-order valence-corrected chi connectivity index (χ3v) is 25.8. The zero-order valence-corrected chi connectivity index (χ0v) is 57.1. The zero-order chi connectivity index (χ0) is 61.0. The molecule has 16 atom stereocenters. The van der Waals surface area contributed by atoms with Gasteiger partial charge in [-0.1, -0.05) is 181 Å². The van der Waals surface area contributed by atoms with Crippen molar-refractivity contribution in [2.24, 2.45) is 103 Å². The maximum atomic E-state index is 15.0. The Bertz CT molecular complexity index is 2850. The van der Waals surface area contributed by atoms with Crippen molar-refractivity contribution in [2.75, 3.05) is 0 Å². The van der Waals surface area contributed by atoms with Gasteiger partial charge in [0.2, 0.25) is 0 Å². The van der Waals surface area contributed by atoms with E-state index >= 15 is 0 Å². The number of esters is 2. The number of rotatable bonds is 14. The molecular formula is C78H110N4NiO4. The standard InChI is InChI=1S/C78H112N4O4.Ni/c1-47(2)21-19-23-49(5)61-33-35-63-59-31-29-55-45-57(37-41-75(55,11)65(59)39-43-77(61,63)13)85-73(83)71-51(7)79-67-25-15-17-27-69(67)81-53(9)72(54(10)82-70-28-18-16-26-68(70)80-52(71)8)74(84)86-58-38-42-76(12)56(46-58)30-32-60-64-36-34-62(50(6)24-20-22-48(3)4)78(64,14)44-40-66(60)76;/h15-18,25-30,47-50,57-66H,19-24,31-46H2,1-14H3,(H2,79,80,81,82,83,84);/q;+2/p-2/t49-,50-,57+,58+,59+,60+,61-,62-,63+,64+,65+,66+,75+,76+,77-,78-;/m1./s1. The molecule has 0 saturated heterocycles. The van der Waals surface area contributed by atoms with Gasteiger partial charge in [0.1, 0.15) is 12.2 Å². The van der Waals surface area contributed by atoms with Crippen LogP contribution in [0, 0.1) is 92.7 Å². The normalized spacial score (nSPS) is 37.1. The molecule has 11 rings (SSSR count). The molecule has 2 aromatic carbocycles. The Labute approximate surface area is 536 Å². The van der Waals surface area contributed by atoms with E-state index in [9.17, 15) is 9.59 Å². The SMILES string of the molecule is CC1=Nc2ccccc2[N-]/C(C)=C(/C(=O)O[C@H]2CC[C@@]3(C)C(=CC[C@H]4[C@@H]5CC[C@H]([C@H](C)CCCC(C)C)[C@@]5(C)CC[C@@H]43)C2)C(C)=Nc2ccccc2[N-]/C(C)=C\1C(=O)O[C@H]1CC[C@@]2(C)C(=CC[C@H]3[C@@H]4CC[C@H]([C@H](C)CCCC(C)C)[C@@]4(C)CC[C@@H]32)C1.[Ni+2]. The van der Waals surface area contributed by atoms with E-state index in [1.807, 2.05) is 76.2 Å². The molecule has 0 bridgehead atoms. The monoisotopic (exact) mass is 1220 g/mol. The van der Waals surface area contributed by atoms with Gasteiger partial charge in [0.05, 0.1) is 22.6 Å². The minimum atomic E-state index is -0.406. The van der Waals surface area contributed by atoms with Crippen molar-refractivity contribution in [1.29, 1.82) is 0 Å². The number of aliphatic imine (C=N–C) groups is 2. The van der Waals surface area contributed by atoms with Crippen molar-refractivity contribution in [3.8, 4) is 0 Å². The number of hydrogen-bond acceptors (Lipinski definition) is 6. The molecule has 476 valence electrons. The molecule has 0 aromatic heterocycles. The third-order valence-electron chi connectivity index (χ3n) is 25.8. The van der Waals surface area contributed by atoms with Crippen LogP contribution >= 0.6 is 0 Å². The van der Waals surface area contributed by atoms with Crippen LogP contribution in [0.1, 0.15) is 238 Å². The van der Waals surface area contributed by atoms with Crippen molar-refractivity contribution < 1.29 is 35.6 Å². The van der Waals surface area contributed by atoms with Gasteiger partial charge in [0.25, 0.3) is 0 Å². The summed E-state index contributed by atoms with van der Waals surface area (Å²) in [6.45, 7) is 32.6. The van der Waals surface area contributed by atoms with E-state index in [1.165, 1.54) is 101 Å². The second-order valence-electron chi connectivity index (χ2n) is 31.6. The zero-order valence-electron chi connectivity index (χ0n) is 56.2. The van der Waals surface area contributed by atoms with Crippen molar-refractivity contribution in [1.82, 2.24) is 0 Å². The van der Waals surface area contributed by atoms with Crippen molar-refractivity contribution in [2.45, 2.75) is 250 Å². The Morgan fingerprint density at radius 2 is 0.908 bits per heavy atom. The van der Waals surface area contributed by atoms with E-state index in [4.69, 9.17) is 30.1 Å². The van der Waals surface area contributed by atoms with Gasteiger partial charge in [-0.3, -0.25) is 9.98 Å². The number of benzene rings is 2. The Kier molecular flexibility index (Phi) is 20.1. The van der Waals surface area contributed by atoms with Crippen molar-refractivity contribution in [3.63, 3.8) is 0 Å². The topological polar surface area (TPSA) is 106 Å². The first-order valence-electron chi connectivity index (χ1n) is 35.0. The van der Waals surface area contributed by atoms with Gasteiger partial charge in [-0.25, -0.2) is 9.59 Å². The van der Waals surface area contributed by atoms with Crippen LogP contribution in [-0.4, -0.2) is 35.6 Å². The second kappa shape index (κ2) is 26.5. The fraction of sp³-hybridized carbons (Fsp3) is 0.692. The molecule has 87 heavy (non-hydrogen) atoms. The van der Waals surface area contributed by atoms with Gasteiger partial charge < -0.3 is 20.1 Å². The van der Waals surface area contributed by atoms with Crippen LogP contribution in [-0.2, 0) is 35.6 Å². The molecular weight excluding hydrogens is 1120 g/mol. The minimum Gasteiger partial charge on any atom is -0.659 e. The van der Waals surface area contributed by atoms with Gasteiger partial charge in [-0.05, 0) is 209 Å². The first kappa shape index (κ1) is 65.7. The molecule has 6 fully saturated rings. The van der Waals surface area contributed by atoms with E-state index in [-0.39, 0.29) is 39.5 Å². The van der Waals surface area contributed by atoms with E-state index in [2.05, 4.69) is 81.4 Å².